The van der Waals surface area contributed by atoms with Crippen LogP contribution in [0.5, 0.6) is 11.5 Å². The van der Waals surface area contributed by atoms with Gasteiger partial charge in [0.25, 0.3) is 0 Å². The van der Waals surface area contributed by atoms with Crippen LogP contribution in [0.1, 0.15) is 56.3 Å². The molecule has 0 amide bonds. The number of aromatic nitrogens is 2. The summed E-state index contributed by atoms with van der Waals surface area (Å²) in [5, 5.41) is 4.31. The minimum absolute atomic E-state index is 0.267. The van der Waals surface area contributed by atoms with Crippen LogP contribution in [0.25, 0.3) is 0 Å². The Hall–Kier alpha value is -2.64. The molecule has 0 radical (unpaired) electrons. The van der Waals surface area contributed by atoms with Gasteiger partial charge in [-0.2, -0.15) is 5.10 Å². The number of aryl methyl sites for hydroxylation is 2. The van der Waals surface area contributed by atoms with Gasteiger partial charge in [-0.05, 0) is 48.6 Å². The fourth-order valence-electron chi connectivity index (χ4n) is 4.46. The fraction of sp³-hybridized carbons (Fsp3) is 0.400. The number of rotatable bonds is 9. The van der Waals surface area contributed by atoms with Crippen molar-refractivity contribution in [1.29, 1.82) is 0 Å². The molecule has 7 heteroatoms. The van der Waals surface area contributed by atoms with Gasteiger partial charge in [0.15, 0.2) is 0 Å². The third kappa shape index (κ3) is 5.40. The third-order valence-electron chi connectivity index (χ3n) is 6.09. The molecule has 2 aromatic carbocycles. The molecular weight excluding hydrogens is 422 g/mol. The Bertz CT molecular complexity index is 1120. The van der Waals surface area contributed by atoms with E-state index >= 15 is 0 Å². The second-order valence-corrected chi connectivity index (χ2v) is 10.2. The van der Waals surface area contributed by atoms with Gasteiger partial charge >= 0.3 is 0 Å². The van der Waals surface area contributed by atoms with Crippen LogP contribution in [0.15, 0.2) is 65.7 Å². The highest BCUT2D eigenvalue weighted by Gasteiger charge is 2.28. The van der Waals surface area contributed by atoms with Gasteiger partial charge in [0.1, 0.15) is 16.4 Å². The molecule has 0 bridgehead atoms. The number of nitrogens with one attached hydrogen (secondary N) is 1. The van der Waals surface area contributed by atoms with Crippen LogP contribution in [0.2, 0.25) is 0 Å². The summed E-state index contributed by atoms with van der Waals surface area (Å²) < 4.78 is 37.1. The smallest absolute Gasteiger partial charge is 0.244 e. The Morgan fingerprint density at radius 2 is 1.72 bits per heavy atom. The van der Waals surface area contributed by atoms with E-state index in [0.717, 1.165) is 36.3 Å². The Balaban J connectivity index is 1.57. The molecule has 1 fully saturated rings. The molecule has 1 aliphatic carbocycles. The summed E-state index contributed by atoms with van der Waals surface area (Å²) in [5.74, 6) is 2.03. The van der Waals surface area contributed by atoms with E-state index < -0.39 is 10.0 Å². The minimum Gasteiger partial charge on any atom is -0.457 e. The van der Waals surface area contributed by atoms with E-state index in [9.17, 15) is 8.42 Å². The highest BCUT2D eigenvalue weighted by atomic mass is 32.2. The van der Waals surface area contributed by atoms with Gasteiger partial charge in [-0.3, -0.25) is 4.68 Å². The largest absolute Gasteiger partial charge is 0.457 e. The van der Waals surface area contributed by atoms with Crippen LogP contribution in [-0.2, 0) is 23.5 Å². The lowest BCUT2D eigenvalue weighted by Gasteiger charge is -2.22. The lowest BCUT2D eigenvalue weighted by Crippen LogP contribution is -2.30. The fourth-order valence-corrected chi connectivity index (χ4v) is 5.98. The molecule has 1 aromatic heterocycles. The molecule has 0 spiro atoms. The Kier molecular flexibility index (Phi) is 6.96. The normalized spacial score (nSPS) is 15.7. The summed E-state index contributed by atoms with van der Waals surface area (Å²) >= 11 is 0. The molecule has 1 atom stereocenters. The number of nitrogens with zero attached hydrogens (tertiary/aromatic N) is 2. The summed E-state index contributed by atoms with van der Waals surface area (Å²) in [5.41, 5.74) is 1.54. The predicted octanol–water partition coefficient (Wildman–Crippen LogP) is 5.37. The van der Waals surface area contributed by atoms with Crippen LogP contribution < -0.4 is 9.46 Å². The number of benzene rings is 2. The van der Waals surface area contributed by atoms with E-state index in [2.05, 4.69) is 9.82 Å². The molecule has 1 heterocycles. The van der Waals surface area contributed by atoms with Gasteiger partial charge in [0.2, 0.25) is 10.0 Å². The molecule has 1 unspecified atom stereocenters. The monoisotopic (exact) mass is 453 g/mol. The van der Waals surface area contributed by atoms with Crippen LogP contribution in [0.4, 0.5) is 0 Å². The second-order valence-electron chi connectivity index (χ2n) is 8.51. The number of para-hydroxylation sites is 1. The van der Waals surface area contributed by atoms with E-state index in [4.69, 9.17) is 4.74 Å². The van der Waals surface area contributed by atoms with Gasteiger partial charge in [-0.25, -0.2) is 13.1 Å². The lowest BCUT2D eigenvalue weighted by molar-refractivity contribution is 0.427. The summed E-state index contributed by atoms with van der Waals surface area (Å²) in [4.78, 5) is 0.267. The SMILES string of the molecule is CCc1nn(C)cc1S(=O)(=O)NC(CC1CCCC1)c1ccc(Oc2ccccc2)cc1. The van der Waals surface area contributed by atoms with Crippen molar-refractivity contribution in [3.05, 3.63) is 72.1 Å². The van der Waals surface area contributed by atoms with Crippen LogP contribution in [0.3, 0.4) is 0 Å². The molecule has 0 aliphatic heterocycles. The lowest BCUT2D eigenvalue weighted by atomic mass is 9.94. The van der Waals surface area contributed by atoms with Crippen molar-refractivity contribution in [2.24, 2.45) is 13.0 Å². The summed E-state index contributed by atoms with van der Waals surface area (Å²) in [6.07, 6.45) is 7.69. The highest BCUT2D eigenvalue weighted by molar-refractivity contribution is 7.89. The molecular formula is C25H31N3O3S. The molecule has 170 valence electrons. The minimum atomic E-state index is -3.69. The van der Waals surface area contributed by atoms with E-state index in [1.165, 1.54) is 12.8 Å². The Morgan fingerprint density at radius 1 is 1.06 bits per heavy atom. The van der Waals surface area contributed by atoms with E-state index in [1.807, 2.05) is 61.5 Å². The average Bonchev–Trinajstić information content (AvgIpc) is 3.44. The zero-order valence-electron chi connectivity index (χ0n) is 18.7. The van der Waals surface area contributed by atoms with Crippen LogP contribution >= 0.6 is 0 Å². The topological polar surface area (TPSA) is 73.2 Å². The summed E-state index contributed by atoms with van der Waals surface area (Å²) in [6.45, 7) is 1.92. The molecule has 32 heavy (non-hydrogen) atoms. The van der Waals surface area contributed by atoms with Crippen molar-refractivity contribution in [3.8, 4) is 11.5 Å². The quantitative estimate of drug-likeness (QED) is 0.472. The van der Waals surface area contributed by atoms with Gasteiger partial charge < -0.3 is 4.74 Å². The maximum absolute atomic E-state index is 13.3. The maximum Gasteiger partial charge on any atom is 0.244 e. The van der Waals surface area contributed by atoms with Gasteiger partial charge in [-0.15, -0.1) is 0 Å². The standard InChI is InChI=1S/C25H31N3O3S/c1-3-23-25(18-28(2)26-23)32(29,30)27-24(17-19-9-7-8-10-19)20-13-15-22(16-14-20)31-21-11-5-4-6-12-21/h4-6,11-16,18-19,24,27H,3,7-10,17H2,1-2H3. The molecule has 1 aliphatic rings. The van der Waals surface area contributed by atoms with Crippen LogP contribution in [-0.4, -0.2) is 18.2 Å². The van der Waals surface area contributed by atoms with E-state index in [-0.39, 0.29) is 10.9 Å². The second kappa shape index (κ2) is 9.88. The van der Waals surface area contributed by atoms with E-state index in [1.54, 1.807) is 17.9 Å². The van der Waals surface area contributed by atoms with Gasteiger partial charge in [-0.1, -0.05) is 62.9 Å². The van der Waals surface area contributed by atoms with Crippen molar-refractivity contribution in [3.63, 3.8) is 0 Å². The molecule has 3 aromatic rings. The first-order valence-corrected chi connectivity index (χ1v) is 12.8. The number of ether oxygens (including phenoxy) is 1. The zero-order valence-corrected chi connectivity index (χ0v) is 19.5. The van der Waals surface area contributed by atoms with Gasteiger partial charge in [0, 0.05) is 19.3 Å². The molecule has 1 saturated carbocycles. The Morgan fingerprint density at radius 3 is 2.38 bits per heavy atom. The van der Waals surface area contributed by atoms with Crippen molar-refractivity contribution >= 4 is 10.0 Å². The molecule has 1 N–H and O–H groups in total. The first-order chi connectivity index (χ1) is 15.4. The average molecular weight is 454 g/mol. The summed E-state index contributed by atoms with van der Waals surface area (Å²) in [6, 6.07) is 17.1. The van der Waals surface area contributed by atoms with Crippen LogP contribution in [0, 0.1) is 5.92 Å². The van der Waals surface area contributed by atoms with Crippen molar-refractivity contribution in [1.82, 2.24) is 14.5 Å². The van der Waals surface area contributed by atoms with Crippen molar-refractivity contribution in [2.75, 3.05) is 0 Å². The molecule has 6 nitrogen and oxygen atoms in total. The number of hydrogen-bond donors (Lipinski definition) is 1. The third-order valence-corrected chi connectivity index (χ3v) is 7.61. The summed E-state index contributed by atoms with van der Waals surface area (Å²) in [7, 11) is -1.94. The number of sulfonamides is 1. The highest BCUT2D eigenvalue weighted by Crippen LogP contribution is 2.35. The first-order valence-electron chi connectivity index (χ1n) is 11.3. The van der Waals surface area contributed by atoms with Crippen molar-refractivity contribution < 1.29 is 13.2 Å². The van der Waals surface area contributed by atoms with E-state index in [0.29, 0.717) is 18.0 Å². The van der Waals surface area contributed by atoms with Gasteiger partial charge in [0.05, 0.1) is 5.69 Å². The molecule has 4 rings (SSSR count). The zero-order chi connectivity index (χ0) is 22.6. The Labute approximate surface area is 190 Å². The maximum atomic E-state index is 13.3. The van der Waals surface area contributed by atoms with Crippen molar-refractivity contribution in [2.45, 2.75) is 56.4 Å². The first kappa shape index (κ1) is 22.6. The predicted molar refractivity (Wildman–Crippen MR) is 125 cm³/mol. The number of hydrogen-bond acceptors (Lipinski definition) is 4. The molecule has 0 saturated heterocycles.